The van der Waals surface area contributed by atoms with Gasteiger partial charge in [-0.05, 0) is 32.6 Å². The number of ether oxygens (including phenoxy) is 1. The zero-order chi connectivity index (χ0) is 15.5. The number of rotatable bonds is 3. The average Bonchev–Trinajstić information content (AvgIpc) is 3.09. The Hall–Kier alpha value is -1.68. The van der Waals surface area contributed by atoms with Crippen molar-refractivity contribution in [3.8, 4) is 0 Å². The van der Waals surface area contributed by atoms with Gasteiger partial charge in [-0.25, -0.2) is 0 Å². The first kappa shape index (κ1) is 15.2. The third kappa shape index (κ3) is 3.22. The molecule has 0 aromatic heterocycles. The maximum absolute atomic E-state index is 12.6. The number of carbonyl (C=O) groups excluding carboxylic acids is 2. The van der Waals surface area contributed by atoms with E-state index in [1.807, 2.05) is 36.1 Å². The third-order valence-corrected chi connectivity index (χ3v) is 4.65. The fourth-order valence-corrected chi connectivity index (χ4v) is 3.32. The monoisotopic (exact) mass is 301 g/mol. The second-order valence-electron chi connectivity index (χ2n) is 6.36. The Labute approximate surface area is 131 Å². The number of carbonyl (C=O) groups is 2. The third-order valence-electron chi connectivity index (χ3n) is 4.65. The summed E-state index contributed by atoms with van der Waals surface area (Å²) in [7, 11) is 0. The molecule has 2 unspecified atom stereocenters. The molecule has 0 radical (unpaired) electrons. The summed E-state index contributed by atoms with van der Waals surface area (Å²) in [5.74, 6) is 0.144. The van der Waals surface area contributed by atoms with Crippen molar-refractivity contribution >= 4 is 11.7 Å². The van der Waals surface area contributed by atoms with Crippen LogP contribution in [0.3, 0.4) is 0 Å². The van der Waals surface area contributed by atoms with Gasteiger partial charge in [0.15, 0.2) is 5.78 Å². The molecular weight excluding hydrogens is 278 g/mol. The van der Waals surface area contributed by atoms with E-state index < -0.39 is 0 Å². The molecule has 0 saturated carbocycles. The predicted molar refractivity (Wildman–Crippen MR) is 83.8 cm³/mol. The highest BCUT2D eigenvalue weighted by Gasteiger charge is 2.33. The Morgan fingerprint density at radius 2 is 1.91 bits per heavy atom. The van der Waals surface area contributed by atoms with Gasteiger partial charge in [0, 0.05) is 31.2 Å². The molecule has 2 heterocycles. The van der Waals surface area contributed by atoms with Crippen LogP contribution in [-0.4, -0.2) is 42.4 Å². The van der Waals surface area contributed by atoms with E-state index in [9.17, 15) is 9.59 Å². The molecule has 2 aliphatic heterocycles. The number of hydrogen-bond donors (Lipinski definition) is 0. The molecule has 0 N–H and O–H groups in total. The summed E-state index contributed by atoms with van der Waals surface area (Å²) in [6.45, 7) is 3.97. The maximum atomic E-state index is 12.6. The number of likely N-dealkylation sites (tertiary alicyclic amines) is 1. The second kappa shape index (κ2) is 6.61. The number of piperidine rings is 1. The Morgan fingerprint density at radius 1 is 1.14 bits per heavy atom. The summed E-state index contributed by atoms with van der Waals surface area (Å²) in [5.41, 5.74) is 1.90. The highest BCUT2D eigenvalue weighted by atomic mass is 16.5. The lowest BCUT2D eigenvalue weighted by atomic mass is 9.89. The summed E-state index contributed by atoms with van der Waals surface area (Å²) >= 11 is 0. The van der Waals surface area contributed by atoms with Gasteiger partial charge in [0.2, 0.25) is 0 Å². The second-order valence-corrected chi connectivity index (χ2v) is 6.36. The summed E-state index contributed by atoms with van der Waals surface area (Å²) in [6.07, 6.45) is 3.23. The van der Waals surface area contributed by atoms with Crippen LogP contribution in [0.2, 0.25) is 0 Å². The van der Waals surface area contributed by atoms with E-state index in [1.54, 1.807) is 0 Å². The normalized spacial score (nSPS) is 25.2. The molecule has 0 spiro atoms. The van der Waals surface area contributed by atoms with E-state index in [1.165, 1.54) is 0 Å². The Balaban J connectivity index is 1.65. The van der Waals surface area contributed by atoms with Crippen molar-refractivity contribution in [3.63, 3.8) is 0 Å². The van der Waals surface area contributed by atoms with Crippen LogP contribution < -0.4 is 0 Å². The minimum Gasteiger partial charge on any atom is -0.368 e. The van der Waals surface area contributed by atoms with E-state index in [0.29, 0.717) is 13.2 Å². The SMILES string of the molecule is Cc1ccc(C(=O)C2CCCN(C(=O)C3CCCO3)C2)cc1. The molecular formula is C18H23NO3. The number of benzene rings is 1. The van der Waals surface area contributed by atoms with Crippen LogP contribution in [0, 0.1) is 12.8 Å². The van der Waals surface area contributed by atoms with E-state index in [2.05, 4.69) is 0 Å². The zero-order valence-corrected chi connectivity index (χ0v) is 13.1. The number of amides is 1. The fraction of sp³-hybridized carbons (Fsp3) is 0.556. The first-order valence-corrected chi connectivity index (χ1v) is 8.16. The van der Waals surface area contributed by atoms with Gasteiger partial charge in [-0.2, -0.15) is 0 Å². The Morgan fingerprint density at radius 3 is 2.59 bits per heavy atom. The summed E-state index contributed by atoms with van der Waals surface area (Å²) in [6, 6.07) is 7.70. The lowest BCUT2D eigenvalue weighted by Crippen LogP contribution is -2.46. The van der Waals surface area contributed by atoms with Gasteiger partial charge in [0.05, 0.1) is 0 Å². The van der Waals surface area contributed by atoms with Crippen molar-refractivity contribution in [2.45, 2.75) is 38.7 Å². The Bertz CT molecular complexity index is 546. The largest absolute Gasteiger partial charge is 0.368 e. The first-order chi connectivity index (χ1) is 10.6. The van der Waals surface area contributed by atoms with E-state index in [0.717, 1.165) is 43.4 Å². The van der Waals surface area contributed by atoms with Crippen molar-refractivity contribution in [3.05, 3.63) is 35.4 Å². The molecule has 1 amide bonds. The molecule has 2 atom stereocenters. The predicted octanol–water partition coefficient (Wildman–Crippen LogP) is 2.60. The molecule has 1 aromatic rings. The first-order valence-electron chi connectivity index (χ1n) is 8.16. The molecule has 0 aliphatic carbocycles. The average molecular weight is 301 g/mol. The van der Waals surface area contributed by atoms with Crippen molar-refractivity contribution in [1.29, 1.82) is 0 Å². The number of hydrogen-bond acceptors (Lipinski definition) is 3. The summed E-state index contributed by atoms with van der Waals surface area (Å²) in [4.78, 5) is 26.9. The summed E-state index contributed by atoms with van der Waals surface area (Å²) in [5, 5.41) is 0. The van der Waals surface area contributed by atoms with Crippen molar-refractivity contribution in [2.24, 2.45) is 5.92 Å². The fourth-order valence-electron chi connectivity index (χ4n) is 3.32. The highest BCUT2D eigenvalue weighted by molar-refractivity contribution is 5.98. The molecule has 4 heteroatoms. The topological polar surface area (TPSA) is 46.6 Å². The van der Waals surface area contributed by atoms with Crippen molar-refractivity contribution in [2.75, 3.05) is 19.7 Å². The molecule has 2 aliphatic rings. The van der Waals surface area contributed by atoms with Gasteiger partial charge in [-0.1, -0.05) is 29.8 Å². The minimum absolute atomic E-state index is 0.0684. The van der Waals surface area contributed by atoms with Crippen LogP contribution in [0.5, 0.6) is 0 Å². The number of aryl methyl sites for hydroxylation is 1. The van der Waals surface area contributed by atoms with Crippen LogP contribution in [-0.2, 0) is 9.53 Å². The molecule has 2 fully saturated rings. The quantitative estimate of drug-likeness (QED) is 0.806. The van der Waals surface area contributed by atoms with E-state index >= 15 is 0 Å². The molecule has 3 rings (SSSR count). The number of ketones is 1. The molecule has 1 aromatic carbocycles. The van der Waals surface area contributed by atoms with Gasteiger partial charge in [-0.15, -0.1) is 0 Å². The lowest BCUT2D eigenvalue weighted by Gasteiger charge is -2.33. The maximum Gasteiger partial charge on any atom is 0.251 e. The van der Waals surface area contributed by atoms with Crippen LogP contribution in [0.1, 0.15) is 41.6 Å². The molecule has 2 saturated heterocycles. The lowest BCUT2D eigenvalue weighted by molar-refractivity contribution is -0.142. The van der Waals surface area contributed by atoms with E-state index in [-0.39, 0.29) is 23.7 Å². The van der Waals surface area contributed by atoms with Gasteiger partial charge >= 0.3 is 0 Å². The van der Waals surface area contributed by atoms with Crippen LogP contribution in [0.4, 0.5) is 0 Å². The molecule has 118 valence electrons. The standard InChI is InChI=1S/C18H23NO3/c1-13-6-8-14(9-7-13)17(20)15-4-2-10-19(12-15)18(21)16-5-3-11-22-16/h6-9,15-16H,2-5,10-12H2,1H3. The van der Waals surface area contributed by atoms with Gasteiger partial charge in [0.1, 0.15) is 6.10 Å². The van der Waals surface area contributed by atoms with Gasteiger partial charge in [-0.3, -0.25) is 9.59 Å². The van der Waals surface area contributed by atoms with Crippen LogP contribution in [0.15, 0.2) is 24.3 Å². The summed E-state index contributed by atoms with van der Waals surface area (Å²) < 4.78 is 5.49. The number of Topliss-reactive ketones (excluding diaryl/α,β-unsaturated/α-hetero) is 1. The van der Waals surface area contributed by atoms with E-state index in [4.69, 9.17) is 4.74 Å². The highest BCUT2D eigenvalue weighted by Crippen LogP contribution is 2.24. The van der Waals surface area contributed by atoms with Gasteiger partial charge in [0.25, 0.3) is 5.91 Å². The molecule has 22 heavy (non-hydrogen) atoms. The minimum atomic E-state index is -0.284. The van der Waals surface area contributed by atoms with Crippen molar-refractivity contribution < 1.29 is 14.3 Å². The molecule has 0 bridgehead atoms. The number of nitrogens with zero attached hydrogens (tertiary/aromatic N) is 1. The van der Waals surface area contributed by atoms with Crippen LogP contribution in [0.25, 0.3) is 0 Å². The Kier molecular flexibility index (Phi) is 4.57. The van der Waals surface area contributed by atoms with Crippen molar-refractivity contribution in [1.82, 2.24) is 4.90 Å². The smallest absolute Gasteiger partial charge is 0.251 e. The van der Waals surface area contributed by atoms with Crippen LogP contribution >= 0.6 is 0 Å². The van der Waals surface area contributed by atoms with Gasteiger partial charge < -0.3 is 9.64 Å². The molecule has 4 nitrogen and oxygen atoms in total. The zero-order valence-electron chi connectivity index (χ0n) is 13.1.